The van der Waals surface area contributed by atoms with Crippen molar-refractivity contribution in [1.82, 2.24) is 4.98 Å². The molecule has 0 fully saturated rings. The number of halogens is 3. The summed E-state index contributed by atoms with van der Waals surface area (Å²) >= 11 is 10.1. The second kappa shape index (κ2) is 4.58. The Balaban J connectivity index is 3.02. The van der Waals surface area contributed by atoms with Gasteiger partial charge in [-0.2, -0.15) is 0 Å². The molecule has 0 atom stereocenters. The van der Waals surface area contributed by atoms with Gasteiger partial charge >= 0.3 is 0 Å². The quantitative estimate of drug-likeness (QED) is 0.747. The van der Waals surface area contributed by atoms with Crippen LogP contribution in [0.2, 0.25) is 0 Å². The van der Waals surface area contributed by atoms with Crippen LogP contribution in [0.3, 0.4) is 0 Å². The first-order valence-corrected chi connectivity index (χ1v) is 6.07. The largest absolute Gasteiger partial charge is 0.256 e. The Bertz CT molecular complexity index is 227. The van der Waals surface area contributed by atoms with Gasteiger partial charge in [0.25, 0.3) is 0 Å². The lowest BCUT2D eigenvalue weighted by Crippen LogP contribution is -1.90. The van der Waals surface area contributed by atoms with Crippen LogP contribution in [-0.2, 0) is 10.7 Å². The van der Waals surface area contributed by atoms with Crippen LogP contribution in [0.4, 0.5) is 0 Å². The SMILES string of the molecule is BrCc1cc(Br)cc(CBr)n1. The minimum absolute atomic E-state index is 0.798. The molecular weight excluding hydrogens is 338 g/mol. The first-order valence-electron chi connectivity index (χ1n) is 3.03. The summed E-state index contributed by atoms with van der Waals surface area (Å²) in [6, 6.07) is 4.00. The summed E-state index contributed by atoms with van der Waals surface area (Å²) in [5, 5.41) is 1.60. The van der Waals surface area contributed by atoms with Crippen molar-refractivity contribution in [3.63, 3.8) is 0 Å². The van der Waals surface area contributed by atoms with Crippen LogP contribution in [-0.4, -0.2) is 4.98 Å². The second-order valence-corrected chi connectivity index (χ2v) is 4.07. The van der Waals surface area contributed by atoms with Gasteiger partial charge in [0.05, 0.1) is 11.4 Å². The summed E-state index contributed by atoms with van der Waals surface area (Å²) in [6.07, 6.45) is 0. The molecule has 0 aliphatic heterocycles. The molecule has 0 unspecified atom stereocenters. The van der Waals surface area contributed by atoms with E-state index >= 15 is 0 Å². The van der Waals surface area contributed by atoms with Crippen molar-refractivity contribution in [3.05, 3.63) is 28.0 Å². The van der Waals surface area contributed by atoms with E-state index in [0.29, 0.717) is 0 Å². The van der Waals surface area contributed by atoms with Crippen LogP contribution >= 0.6 is 47.8 Å². The number of aromatic nitrogens is 1. The first kappa shape index (κ1) is 9.68. The highest BCUT2D eigenvalue weighted by atomic mass is 79.9. The molecule has 0 aliphatic carbocycles. The summed E-state index contributed by atoms with van der Waals surface area (Å²) < 4.78 is 1.08. The Morgan fingerprint density at radius 3 is 1.91 bits per heavy atom. The van der Waals surface area contributed by atoms with Crippen LogP contribution in [0.15, 0.2) is 16.6 Å². The normalized spacial score (nSPS) is 10.1. The Morgan fingerprint density at radius 1 is 1.09 bits per heavy atom. The standard InChI is InChI=1S/C7H6Br3N/c8-3-6-1-5(10)2-7(4-9)11-6/h1-2H,3-4H2. The monoisotopic (exact) mass is 341 g/mol. The van der Waals surface area contributed by atoms with Gasteiger partial charge in [-0.1, -0.05) is 47.8 Å². The molecule has 0 N–H and O–H groups in total. The van der Waals surface area contributed by atoms with E-state index in [9.17, 15) is 0 Å². The molecule has 1 aromatic rings. The van der Waals surface area contributed by atoms with E-state index in [1.54, 1.807) is 0 Å². The van der Waals surface area contributed by atoms with Gasteiger partial charge in [-0.3, -0.25) is 4.98 Å². The van der Waals surface area contributed by atoms with Crippen molar-refractivity contribution in [1.29, 1.82) is 0 Å². The first-order chi connectivity index (χ1) is 5.26. The molecule has 1 aromatic heterocycles. The van der Waals surface area contributed by atoms with Gasteiger partial charge in [0.1, 0.15) is 0 Å². The average molecular weight is 344 g/mol. The zero-order valence-corrected chi connectivity index (χ0v) is 10.4. The molecule has 1 heterocycles. The fourth-order valence-corrected chi connectivity index (χ4v) is 1.85. The molecule has 0 amide bonds. The van der Waals surface area contributed by atoms with Gasteiger partial charge < -0.3 is 0 Å². The van der Waals surface area contributed by atoms with Gasteiger partial charge in [-0.05, 0) is 12.1 Å². The predicted octanol–water partition coefficient (Wildman–Crippen LogP) is 3.63. The minimum Gasteiger partial charge on any atom is -0.256 e. The van der Waals surface area contributed by atoms with Crippen LogP contribution < -0.4 is 0 Å². The topological polar surface area (TPSA) is 12.9 Å². The third kappa shape index (κ3) is 2.84. The van der Waals surface area contributed by atoms with Gasteiger partial charge in [-0.25, -0.2) is 0 Å². The van der Waals surface area contributed by atoms with Gasteiger partial charge in [0, 0.05) is 15.1 Å². The molecule has 0 spiro atoms. The number of hydrogen-bond donors (Lipinski definition) is 0. The molecule has 4 heteroatoms. The van der Waals surface area contributed by atoms with Gasteiger partial charge in [-0.15, -0.1) is 0 Å². The summed E-state index contributed by atoms with van der Waals surface area (Å²) in [6.45, 7) is 0. The number of hydrogen-bond acceptors (Lipinski definition) is 1. The van der Waals surface area contributed by atoms with Crippen LogP contribution in [0, 0.1) is 0 Å². The van der Waals surface area contributed by atoms with Crippen molar-refractivity contribution in [2.24, 2.45) is 0 Å². The number of pyridine rings is 1. The van der Waals surface area contributed by atoms with Crippen molar-refractivity contribution in [3.8, 4) is 0 Å². The lowest BCUT2D eigenvalue weighted by Gasteiger charge is -1.99. The van der Waals surface area contributed by atoms with E-state index < -0.39 is 0 Å². The lowest BCUT2D eigenvalue weighted by molar-refractivity contribution is 1.09. The lowest BCUT2D eigenvalue weighted by atomic mass is 10.3. The Labute approximate surface area is 91.0 Å². The van der Waals surface area contributed by atoms with E-state index in [0.717, 1.165) is 26.5 Å². The number of nitrogens with zero attached hydrogens (tertiary/aromatic N) is 1. The number of alkyl halides is 2. The number of rotatable bonds is 2. The van der Waals surface area contributed by atoms with Crippen LogP contribution in [0.5, 0.6) is 0 Å². The summed E-state index contributed by atoms with van der Waals surface area (Å²) in [5.74, 6) is 0. The third-order valence-corrected chi connectivity index (χ3v) is 2.78. The molecule has 1 nitrogen and oxygen atoms in total. The molecular formula is C7H6Br3N. The Morgan fingerprint density at radius 2 is 1.55 bits per heavy atom. The average Bonchev–Trinajstić information content (AvgIpc) is 2.03. The highest BCUT2D eigenvalue weighted by Gasteiger charge is 1.97. The van der Waals surface area contributed by atoms with Crippen LogP contribution in [0.1, 0.15) is 11.4 Å². The smallest absolute Gasteiger partial charge is 0.0524 e. The zero-order chi connectivity index (χ0) is 8.27. The molecule has 11 heavy (non-hydrogen) atoms. The maximum Gasteiger partial charge on any atom is 0.0524 e. The van der Waals surface area contributed by atoms with E-state index in [4.69, 9.17) is 0 Å². The molecule has 0 aliphatic rings. The van der Waals surface area contributed by atoms with Crippen LogP contribution in [0.25, 0.3) is 0 Å². The zero-order valence-electron chi connectivity index (χ0n) is 5.65. The van der Waals surface area contributed by atoms with Gasteiger partial charge in [0.15, 0.2) is 0 Å². The molecule has 0 aromatic carbocycles. The van der Waals surface area contributed by atoms with E-state index in [2.05, 4.69) is 52.8 Å². The summed E-state index contributed by atoms with van der Waals surface area (Å²) in [7, 11) is 0. The molecule has 0 saturated heterocycles. The maximum atomic E-state index is 4.35. The molecule has 0 saturated carbocycles. The maximum absolute atomic E-state index is 4.35. The minimum atomic E-state index is 0.798. The molecule has 0 bridgehead atoms. The van der Waals surface area contributed by atoms with Crippen molar-refractivity contribution in [2.75, 3.05) is 0 Å². The van der Waals surface area contributed by atoms with E-state index in [1.165, 1.54) is 0 Å². The van der Waals surface area contributed by atoms with Crippen molar-refractivity contribution >= 4 is 47.8 Å². The highest BCUT2D eigenvalue weighted by molar-refractivity contribution is 9.10. The Hall–Kier alpha value is 0.590. The molecule has 60 valence electrons. The third-order valence-electron chi connectivity index (χ3n) is 1.17. The Kier molecular flexibility index (Phi) is 4.02. The fraction of sp³-hybridized carbons (Fsp3) is 0.286. The van der Waals surface area contributed by atoms with E-state index in [-0.39, 0.29) is 0 Å². The molecule has 1 rings (SSSR count). The summed E-state index contributed by atoms with van der Waals surface area (Å²) in [5.41, 5.74) is 2.10. The predicted molar refractivity (Wildman–Crippen MR) is 57.2 cm³/mol. The fourth-order valence-electron chi connectivity index (χ4n) is 0.746. The van der Waals surface area contributed by atoms with Gasteiger partial charge in [0.2, 0.25) is 0 Å². The second-order valence-electron chi connectivity index (χ2n) is 2.04. The highest BCUT2D eigenvalue weighted by Crippen LogP contribution is 2.15. The van der Waals surface area contributed by atoms with Crippen molar-refractivity contribution in [2.45, 2.75) is 10.7 Å². The molecule has 0 radical (unpaired) electrons. The van der Waals surface area contributed by atoms with Crippen molar-refractivity contribution < 1.29 is 0 Å². The van der Waals surface area contributed by atoms with E-state index in [1.807, 2.05) is 12.1 Å². The summed E-state index contributed by atoms with van der Waals surface area (Å²) in [4.78, 5) is 4.35.